The number of nitrogens with zero attached hydrogens (tertiary/aromatic N) is 1. The van der Waals surface area contributed by atoms with Crippen LogP contribution in [0.15, 0.2) is 30.3 Å². The minimum Gasteiger partial charge on any atom is -0.352 e. The molecule has 0 saturated heterocycles. The first kappa shape index (κ1) is 12.5. The molecular formula is C12H19N3O. The summed E-state index contributed by atoms with van der Waals surface area (Å²) in [6.45, 7) is 2.50. The fourth-order valence-corrected chi connectivity index (χ4v) is 1.53. The van der Waals surface area contributed by atoms with E-state index < -0.39 is 6.03 Å². The quantitative estimate of drug-likeness (QED) is 0.709. The van der Waals surface area contributed by atoms with E-state index in [1.54, 1.807) is 0 Å². The Morgan fingerprint density at radius 3 is 2.69 bits per heavy atom. The largest absolute Gasteiger partial charge is 0.352 e. The molecule has 0 radical (unpaired) electrons. The molecule has 0 unspecified atom stereocenters. The van der Waals surface area contributed by atoms with Crippen LogP contribution in [-0.2, 0) is 6.54 Å². The maximum atomic E-state index is 10.4. The van der Waals surface area contributed by atoms with E-state index in [-0.39, 0.29) is 0 Å². The van der Waals surface area contributed by atoms with Crippen LogP contribution in [0, 0.1) is 0 Å². The van der Waals surface area contributed by atoms with Gasteiger partial charge in [-0.15, -0.1) is 0 Å². The molecule has 0 heterocycles. The maximum Gasteiger partial charge on any atom is 0.312 e. The number of hydrogen-bond donors (Lipinski definition) is 2. The highest BCUT2D eigenvalue weighted by atomic mass is 16.2. The number of benzene rings is 1. The van der Waals surface area contributed by atoms with Gasteiger partial charge < -0.3 is 16.0 Å². The summed E-state index contributed by atoms with van der Waals surface area (Å²) >= 11 is 0. The minimum atomic E-state index is -0.453. The number of carbonyl (C=O) groups excluding carboxylic acids is 1. The van der Waals surface area contributed by atoms with Crippen molar-refractivity contribution >= 4 is 6.03 Å². The van der Waals surface area contributed by atoms with E-state index in [0.717, 1.165) is 19.5 Å². The van der Waals surface area contributed by atoms with Crippen LogP contribution in [0.5, 0.6) is 0 Å². The van der Waals surface area contributed by atoms with Crippen molar-refractivity contribution in [2.24, 2.45) is 5.73 Å². The summed E-state index contributed by atoms with van der Waals surface area (Å²) in [5.74, 6) is 0. The molecule has 0 saturated carbocycles. The van der Waals surface area contributed by atoms with Crippen LogP contribution in [0.4, 0.5) is 4.79 Å². The Bertz CT molecular complexity index is 313. The predicted octanol–water partition coefficient (Wildman–Crippen LogP) is 1.18. The first-order valence-corrected chi connectivity index (χ1v) is 5.44. The van der Waals surface area contributed by atoms with Crippen LogP contribution in [0.3, 0.4) is 0 Å². The molecule has 88 valence electrons. The third-order valence-electron chi connectivity index (χ3n) is 2.31. The van der Waals surface area contributed by atoms with Gasteiger partial charge in [-0.3, -0.25) is 0 Å². The zero-order chi connectivity index (χ0) is 11.8. The zero-order valence-electron chi connectivity index (χ0n) is 9.65. The molecule has 0 bridgehead atoms. The van der Waals surface area contributed by atoms with Gasteiger partial charge in [0.05, 0.1) is 0 Å². The fraction of sp³-hybridized carbons (Fsp3) is 0.417. The van der Waals surface area contributed by atoms with Gasteiger partial charge in [-0.1, -0.05) is 30.3 Å². The van der Waals surface area contributed by atoms with Gasteiger partial charge in [-0.05, 0) is 25.6 Å². The maximum absolute atomic E-state index is 10.4. The molecule has 2 amide bonds. The molecular weight excluding hydrogens is 202 g/mol. The summed E-state index contributed by atoms with van der Waals surface area (Å²) in [6.07, 6.45) is 0.909. The average Bonchev–Trinajstić information content (AvgIpc) is 2.25. The summed E-state index contributed by atoms with van der Waals surface area (Å²) in [4.78, 5) is 12.7. The second-order valence-corrected chi connectivity index (χ2v) is 3.87. The molecule has 3 N–H and O–H groups in total. The molecule has 0 aliphatic heterocycles. The van der Waals surface area contributed by atoms with Crippen LogP contribution < -0.4 is 11.1 Å². The number of carbonyl (C=O) groups is 1. The SMILES string of the molecule is CN(CCCNC(N)=O)Cc1ccccc1. The summed E-state index contributed by atoms with van der Waals surface area (Å²) < 4.78 is 0. The van der Waals surface area contributed by atoms with Gasteiger partial charge in [-0.25, -0.2) is 4.79 Å². The highest BCUT2D eigenvalue weighted by molar-refractivity contribution is 5.71. The molecule has 16 heavy (non-hydrogen) atoms. The molecule has 4 nitrogen and oxygen atoms in total. The molecule has 1 aromatic carbocycles. The lowest BCUT2D eigenvalue weighted by atomic mass is 10.2. The van der Waals surface area contributed by atoms with E-state index in [1.807, 2.05) is 18.2 Å². The summed E-state index contributed by atoms with van der Waals surface area (Å²) in [5.41, 5.74) is 6.27. The highest BCUT2D eigenvalue weighted by Gasteiger charge is 1.99. The van der Waals surface area contributed by atoms with Gasteiger partial charge >= 0.3 is 6.03 Å². The van der Waals surface area contributed by atoms with Crippen LogP contribution in [0.25, 0.3) is 0 Å². The first-order valence-electron chi connectivity index (χ1n) is 5.44. The number of nitrogens with one attached hydrogen (secondary N) is 1. The van der Waals surface area contributed by atoms with Crippen LogP contribution in [-0.4, -0.2) is 31.1 Å². The molecule has 1 rings (SSSR count). The lowest BCUT2D eigenvalue weighted by Gasteiger charge is -2.16. The fourth-order valence-electron chi connectivity index (χ4n) is 1.53. The molecule has 0 fully saturated rings. The lowest BCUT2D eigenvalue weighted by molar-refractivity contribution is 0.247. The van der Waals surface area contributed by atoms with Gasteiger partial charge in [0.1, 0.15) is 0 Å². The van der Waals surface area contributed by atoms with E-state index in [4.69, 9.17) is 5.73 Å². The average molecular weight is 221 g/mol. The number of amides is 2. The van der Waals surface area contributed by atoms with E-state index >= 15 is 0 Å². The Morgan fingerprint density at radius 1 is 1.38 bits per heavy atom. The highest BCUT2D eigenvalue weighted by Crippen LogP contribution is 2.02. The summed E-state index contributed by atoms with van der Waals surface area (Å²) in [6, 6.07) is 9.86. The van der Waals surface area contributed by atoms with Crippen LogP contribution in [0.2, 0.25) is 0 Å². The van der Waals surface area contributed by atoms with Gasteiger partial charge in [0.2, 0.25) is 0 Å². The van der Waals surface area contributed by atoms with Crippen molar-refractivity contribution in [3.05, 3.63) is 35.9 Å². The van der Waals surface area contributed by atoms with Gasteiger partial charge in [0.25, 0.3) is 0 Å². The van der Waals surface area contributed by atoms with Crippen molar-refractivity contribution in [2.75, 3.05) is 20.1 Å². The monoisotopic (exact) mass is 221 g/mol. The molecule has 1 aromatic rings. The first-order chi connectivity index (χ1) is 7.68. The number of urea groups is 1. The Hall–Kier alpha value is -1.55. The Balaban J connectivity index is 2.16. The van der Waals surface area contributed by atoms with Gasteiger partial charge in [0, 0.05) is 13.1 Å². The minimum absolute atomic E-state index is 0.453. The van der Waals surface area contributed by atoms with Crippen molar-refractivity contribution in [3.8, 4) is 0 Å². The predicted molar refractivity (Wildman–Crippen MR) is 65.0 cm³/mol. The third kappa shape index (κ3) is 5.36. The van der Waals surface area contributed by atoms with Crippen molar-refractivity contribution in [1.29, 1.82) is 0 Å². The smallest absolute Gasteiger partial charge is 0.312 e. The second kappa shape index (κ2) is 6.85. The topological polar surface area (TPSA) is 58.4 Å². The zero-order valence-corrected chi connectivity index (χ0v) is 9.65. The van der Waals surface area contributed by atoms with Crippen molar-refractivity contribution in [3.63, 3.8) is 0 Å². The van der Waals surface area contributed by atoms with Gasteiger partial charge in [-0.2, -0.15) is 0 Å². The van der Waals surface area contributed by atoms with Gasteiger partial charge in [0.15, 0.2) is 0 Å². The summed E-state index contributed by atoms with van der Waals surface area (Å²) in [5, 5.41) is 2.58. The van der Waals surface area contributed by atoms with Crippen LogP contribution in [0.1, 0.15) is 12.0 Å². The number of hydrogen-bond acceptors (Lipinski definition) is 2. The lowest BCUT2D eigenvalue weighted by Crippen LogP contribution is -2.32. The number of primary amides is 1. The van der Waals surface area contributed by atoms with E-state index in [2.05, 4.69) is 29.4 Å². The van der Waals surface area contributed by atoms with Crippen molar-refractivity contribution in [1.82, 2.24) is 10.2 Å². The van der Waals surface area contributed by atoms with E-state index in [9.17, 15) is 4.79 Å². The molecule has 0 spiro atoms. The second-order valence-electron chi connectivity index (χ2n) is 3.87. The molecule has 0 atom stereocenters. The summed E-state index contributed by atoms with van der Waals surface area (Å²) in [7, 11) is 2.07. The molecule has 0 aliphatic rings. The van der Waals surface area contributed by atoms with Crippen LogP contribution >= 0.6 is 0 Å². The number of nitrogens with two attached hydrogens (primary N) is 1. The van der Waals surface area contributed by atoms with Crippen molar-refractivity contribution in [2.45, 2.75) is 13.0 Å². The normalized spacial score (nSPS) is 10.4. The Morgan fingerprint density at radius 2 is 2.06 bits per heavy atom. The molecule has 4 heteroatoms. The van der Waals surface area contributed by atoms with Crippen molar-refractivity contribution < 1.29 is 4.79 Å². The van der Waals surface area contributed by atoms with E-state index in [0.29, 0.717) is 6.54 Å². The van der Waals surface area contributed by atoms with E-state index in [1.165, 1.54) is 5.56 Å². The molecule has 0 aliphatic carbocycles. The Labute approximate surface area is 96.4 Å². The molecule has 0 aromatic heterocycles. The number of rotatable bonds is 6. The standard InChI is InChI=1S/C12H19N3O/c1-15(9-5-8-14-12(13)16)10-11-6-3-2-4-7-11/h2-4,6-7H,5,8-10H2,1H3,(H3,13,14,16). The Kier molecular flexibility index (Phi) is 5.36. The third-order valence-corrected chi connectivity index (χ3v) is 2.31.